The van der Waals surface area contributed by atoms with Gasteiger partial charge >= 0.3 is 0 Å². The standard InChI is InChI=1S/C26H32N4O2/c1-2-3-13-27-24(31)19-29-14-16-30(17-15-29)25(20-9-5-4-6-10-20)26(32)22-18-28-23-12-8-7-11-21(22)23/h4-12,18,25,28H,2-3,13-17,19H2,1H3,(H,27,31). The summed E-state index contributed by atoms with van der Waals surface area (Å²) in [4.78, 5) is 33.6. The SMILES string of the molecule is CCCCNC(=O)CN1CCN(C(C(=O)c2c[nH]c3ccccc23)c2ccccc2)CC1. The van der Waals surface area contributed by atoms with E-state index in [2.05, 4.69) is 27.0 Å². The second-order valence-electron chi connectivity index (χ2n) is 8.44. The van der Waals surface area contributed by atoms with Gasteiger partial charge in [-0.15, -0.1) is 0 Å². The number of ketones is 1. The number of aromatic nitrogens is 1. The van der Waals surface area contributed by atoms with E-state index in [9.17, 15) is 9.59 Å². The Bertz CT molecular complexity index is 1040. The number of para-hydroxylation sites is 1. The van der Waals surface area contributed by atoms with E-state index in [1.165, 1.54) is 0 Å². The number of carbonyl (C=O) groups is 2. The molecule has 1 saturated heterocycles. The van der Waals surface area contributed by atoms with Gasteiger partial charge in [-0.3, -0.25) is 19.4 Å². The number of carbonyl (C=O) groups excluding carboxylic acids is 2. The minimum absolute atomic E-state index is 0.0846. The largest absolute Gasteiger partial charge is 0.360 e. The number of rotatable bonds is 9. The predicted molar refractivity (Wildman–Crippen MR) is 128 cm³/mol. The van der Waals surface area contributed by atoms with Crippen molar-refractivity contribution in [3.05, 3.63) is 71.9 Å². The molecule has 0 radical (unpaired) electrons. The normalized spacial score (nSPS) is 16.2. The monoisotopic (exact) mass is 432 g/mol. The summed E-state index contributed by atoms with van der Waals surface area (Å²) in [5, 5.41) is 3.95. The van der Waals surface area contributed by atoms with Crippen LogP contribution >= 0.6 is 0 Å². The molecular weight excluding hydrogens is 400 g/mol. The number of unbranched alkanes of at least 4 members (excludes halogenated alkanes) is 1. The zero-order chi connectivity index (χ0) is 22.3. The van der Waals surface area contributed by atoms with Gasteiger partial charge in [0.2, 0.25) is 5.91 Å². The summed E-state index contributed by atoms with van der Waals surface area (Å²) >= 11 is 0. The van der Waals surface area contributed by atoms with Gasteiger partial charge in [-0.25, -0.2) is 0 Å². The fourth-order valence-corrected chi connectivity index (χ4v) is 4.43. The van der Waals surface area contributed by atoms with E-state index in [1.54, 1.807) is 0 Å². The van der Waals surface area contributed by atoms with Crippen LogP contribution in [-0.2, 0) is 4.79 Å². The Morgan fingerprint density at radius 3 is 2.47 bits per heavy atom. The van der Waals surface area contributed by atoms with Gasteiger partial charge in [0.25, 0.3) is 0 Å². The molecule has 1 fully saturated rings. The van der Waals surface area contributed by atoms with E-state index in [1.807, 2.05) is 60.8 Å². The van der Waals surface area contributed by atoms with E-state index in [-0.39, 0.29) is 17.7 Å². The second kappa shape index (κ2) is 10.6. The molecule has 6 nitrogen and oxygen atoms in total. The fraction of sp³-hybridized carbons (Fsp3) is 0.385. The first-order valence-corrected chi connectivity index (χ1v) is 11.6. The first-order valence-electron chi connectivity index (χ1n) is 11.6. The maximum atomic E-state index is 13.8. The highest BCUT2D eigenvalue weighted by molar-refractivity contribution is 6.10. The van der Waals surface area contributed by atoms with E-state index < -0.39 is 0 Å². The lowest BCUT2D eigenvalue weighted by atomic mass is 9.95. The van der Waals surface area contributed by atoms with Crippen molar-refractivity contribution >= 4 is 22.6 Å². The minimum Gasteiger partial charge on any atom is -0.360 e. The Hall–Kier alpha value is -2.96. The van der Waals surface area contributed by atoms with Crippen LogP contribution in [0.15, 0.2) is 60.8 Å². The van der Waals surface area contributed by atoms with Gasteiger partial charge in [-0.2, -0.15) is 0 Å². The number of nitrogens with one attached hydrogen (secondary N) is 2. The predicted octanol–water partition coefficient (Wildman–Crippen LogP) is 3.63. The molecule has 1 unspecified atom stereocenters. The number of benzene rings is 2. The highest BCUT2D eigenvalue weighted by atomic mass is 16.2. The zero-order valence-electron chi connectivity index (χ0n) is 18.7. The van der Waals surface area contributed by atoms with Crippen LogP contribution in [0.5, 0.6) is 0 Å². The number of Topliss-reactive ketones (excluding diaryl/α,β-unsaturated/α-hetero) is 1. The van der Waals surface area contributed by atoms with Crippen molar-refractivity contribution in [1.82, 2.24) is 20.1 Å². The summed E-state index contributed by atoms with van der Waals surface area (Å²) in [7, 11) is 0. The van der Waals surface area contributed by atoms with Gasteiger partial charge in [0, 0.05) is 55.4 Å². The molecule has 168 valence electrons. The molecule has 0 spiro atoms. The van der Waals surface area contributed by atoms with Gasteiger partial charge in [-0.1, -0.05) is 61.9 Å². The summed E-state index contributed by atoms with van der Waals surface area (Å²) in [6, 6.07) is 17.6. The third-order valence-electron chi connectivity index (χ3n) is 6.21. The maximum Gasteiger partial charge on any atom is 0.234 e. The molecule has 3 aromatic rings. The van der Waals surface area contributed by atoms with Crippen LogP contribution < -0.4 is 5.32 Å². The molecule has 1 aliphatic heterocycles. The first-order chi connectivity index (χ1) is 15.7. The molecule has 2 heterocycles. The number of piperazine rings is 1. The van der Waals surface area contributed by atoms with Crippen LogP contribution in [-0.4, -0.2) is 65.7 Å². The molecule has 6 heteroatoms. The molecule has 1 aromatic heterocycles. The Morgan fingerprint density at radius 2 is 1.72 bits per heavy atom. The van der Waals surface area contributed by atoms with Gasteiger partial charge in [-0.05, 0) is 18.1 Å². The molecule has 2 aromatic carbocycles. The second-order valence-corrected chi connectivity index (χ2v) is 8.44. The van der Waals surface area contributed by atoms with E-state index in [4.69, 9.17) is 0 Å². The Balaban J connectivity index is 1.48. The van der Waals surface area contributed by atoms with E-state index in [0.717, 1.165) is 67.6 Å². The number of amides is 1. The number of hydrogen-bond donors (Lipinski definition) is 2. The molecule has 1 aliphatic rings. The van der Waals surface area contributed by atoms with Crippen LogP contribution in [0, 0.1) is 0 Å². The van der Waals surface area contributed by atoms with Gasteiger partial charge < -0.3 is 10.3 Å². The topological polar surface area (TPSA) is 68.4 Å². The smallest absolute Gasteiger partial charge is 0.234 e. The van der Waals surface area contributed by atoms with Crippen molar-refractivity contribution in [2.45, 2.75) is 25.8 Å². The van der Waals surface area contributed by atoms with Crippen LogP contribution in [0.4, 0.5) is 0 Å². The molecule has 1 amide bonds. The lowest BCUT2D eigenvalue weighted by molar-refractivity contribution is -0.122. The third-order valence-corrected chi connectivity index (χ3v) is 6.21. The maximum absolute atomic E-state index is 13.8. The number of H-pyrrole nitrogens is 1. The van der Waals surface area contributed by atoms with Crippen molar-refractivity contribution in [2.75, 3.05) is 39.3 Å². The highest BCUT2D eigenvalue weighted by Crippen LogP contribution is 2.29. The summed E-state index contributed by atoms with van der Waals surface area (Å²) < 4.78 is 0. The number of hydrogen-bond acceptors (Lipinski definition) is 4. The first kappa shape index (κ1) is 22.2. The summed E-state index contributed by atoms with van der Waals surface area (Å²) in [6.45, 7) is 6.31. The molecule has 2 N–H and O–H groups in total. The average Bonchev–Trinajstić information content (AvgIpc) is 3.25. The zero-order valence-corrected chi connectivity index (χ0v) is 18.7. The van der Waals surface area contributed by atoms with Crippen LogP contribution in [0.1, 0.15) is 41.7 Å². The highest BCUT2D eigenvalue weighted by Gasteiger charge is 2.32. The lowest BCUT2D eigenvalue weighted by Crippen LogP contribution is -2.51. The summed E-state index contributed by atoms with van der Waals surface area (Å²) in [6.07, 6.45) is 3.92. The van der Waals surface area contributed by atoms with Crippen molar-refractivity contribution in [2.24, 2.45) is 0 Å². The Morgan fingerprint density at radius 1 is 1.00 bits per heavy atom. The van der Waals surface area contributed by atoms with Crippen LogP contribution in [0.3, 0.4) is 0 Å². The Labute approximate surface area is 189 Å². The van der Waals surface area contributed by atoms with E-state index >= 15 is 0 Å². The molecule has 4 rings (SSSR count). The fourth-order valence-electron chi connectivity index (χ4n) is 4.43. The molecule has 32 heavy (non-hydrogen) atoms. The number of fused-ring (bicyclic) bond motifs is 1. The quantitative estimate of drug-likeness (QED) is 0.400. The van der Waals surface area contributed by atoms with Gasteiger partial charge in [0.05, 0.1) is 12.6 Å². The Kier molecular flexibility index (Phi) is 7.35. The molecule has 0 bridgehead atoms. The van der Waals surface area contributed by atoms with Crippen LogP contribution in [0.25, 0.3) is 10.9 Å². The van der Waals surface area contributed by atoms with Crippen molar-refractivity contribution in [3.8, 4) is 0 Å². The van der Waals surface area contributed by atoms with Gasteiger partial charge in [0.1, 0.15) is 0 Å². The van der Waals surface area contributed by atoms with Crippen molar-refractivity contribution < 1.29 is 9.59 Å². The summed E-state index contributed by atoms with van der Waals surface area (Å²) in [5.74, 6) is 0.195. The minimum atomic E-state index is -0.337. The summed E-state index contributed by atoms with van der Waals surface area (Å²) in [5.41, 5.74) is 2.71. The van der Waals surface area contributed by atoms with Gasteiger partial charge in [0.15, 0.2) is 5.78 Å². The molecular formula is C26H32N4O2. The van der Waals surface area contributed by atoms with E-state index in [0.29, 0.717) is 6.54 Å². The third kappa shape index (κ3) is 5.09. The number of aromatic amines is 1. The average molecular weight is 433 g/mol. The molecule has 0 aliphatic carbocycles. The molecule has 1 atom stereocenters. The van der Waals surface area contributed by atoms with Crippen LogP contribution in [0.2, 0.25) is 0 Å². The van der Waals surface area contributed by atoms with Crippen molar-refractivity contribution in [3.63, 3.8) is 0 Å². The number of nitrogens with zero attached hydrogens (tertiary/aromatic N) is 2. The lowest BCUT2D eigenvalue weighted by Gasteiger charge is -2.38. The van der Waals surface area contributed by atoms with Crippen molar-refractivity contribution in [1.29, 1.82) is 0 Å². The molecule has 0 saturated carbocycles.